The molecule has 1 aliphatic rings. The molecule has 1 saturated heterocycles. The van der Waals surface area contributed by atoms with Crippen LogP contribution in [0.2, 0.25) is 5.02 Å². The smallest absolute Gasteiger partial charge is 0.222 e. The van der Waals surface area contributed by atoms with Gasteiger partial charge in [0.1, 0.15) is 0 Å². The van der Waals surface area contributed by atoms with Crippen molar-refractivity contribution in [2.24, 2.45) is 0 Å². The van der Waals surface area contributed by atoms with Crippen LogP contribution in [0, 0.1) is 0 Å². The van der Waals surface area contributed by atoms with E-state index in [2.05, 4.69) is 4.72 Å². The predicted molar refractivity (Wildman–Crippen MR) is 87.1 cm³/mol. The molecule has 1 amide bonds. The van der Waals surface area contributed by atoms with Crippen LogP contribution in [0.4, 0.5) is 0 Å². The zero-order chi connectivity index (χ0) is 16.2. The summed E-state index contributed by atoms with van der Waals surface area (Å²) in [4.78, 5) is 13.6. The first-order chi connectivity index (χ1) is 10.4. The van der Waals surface area contributed by atoms with Crippen molar-refractivity contribution in [3.8, 4) is 0 Å². The number of nitrogens with one attached hydrogen (secondary N) is 1. The summed E-state index contributed by atoms with van der Waals surface area (Å²) in [5.74, 6) is -0.0584. The molecule has 1 aromatic rings. The van der Waals surface area contributed by atoms with Gasteiger partial charge in [0, 0.05) is 30.6 Å². The van der Waals surface area contributed by atoms with Crippen molar-refractivity contribution in [1.29, 1.82) is 0 Å². The van der Waals surface area contributed by atoms with E-state index in [-0.39, 0.29) is 24.2 Å². The molecule has 0 bridgehead atoms. The monoisotopic (exact) mass is 344 g/mol. The van der Waals surface area contributed by atoms with E-state index in [1.54, 1.807) is 29.2 Å². The van der Waals surface area contributed by atoms with Crippen LogP contribution in [0.3, 0.4) is 0 Å². The fourth-order valence-electron chi connectivity index (χ4n) is 2.52. The largest absolute Gasteiger partial charge is 0.339 e. The highest BCUT2D eigenvalue weighted by atomic mass is 35.5. The Labute approximate surface area is 136 Å². The molecule has 0 aliphatic carbocycles. The van der Waals surface area contributed by atoms with Crippen molar-refractivity contribution < 1.29 is 13.2 Å². The summed E-state index contributed by atoms with van der Waals surface area (Å²) in [6, 6.07) is 6.73. The number of rotatable bonds is 6. The zero-order valence-corrected chi connectivity index (χ0v) is 14.2. The molecule has 22 heavy (non-hydrogen) atoms. The van der Waals surface area contributed by atoms with Gasteiger partial charge >= 0.3 is 0 Å². The lowest BCUT2D eigenvalue weighted by Gasteiger charge is -2.32. The van der Waals surface area contributed by atoms with E-state index in [0.717, 1.165) is 12.8 Å². The van der Waals surface area contributed by atoms with Crippen molar-refractivity contribution in [1.82, 2.24) is 9.62 Å². The molecule has 0 radical (unpaired) electrons. The minimum absolute atomic E-state index is 0.101. The number of benzene rings is 1. The topological polar surface area (TPSA) is 66.5 Å². The molecule has 2 rings (SSSR count). The van der Waals surface area contributed by atoms with Gasteiger partial charge < -0.3 is 4.90 Å². The number of sulfonamides is 1. The third kappa shape index (κ3) is 4.69. The van der Waals surface area contributed by atoms with Crippen molar-refractivity contribution in [3.63, 3.8) is 0 Å². The van der Waals surface area contributed by atoms with Gasteiger partial charge in [0.25, 0.3) is 0 Å². The Balaban J connectivity index is 1.92. The Morgan fingerprint density at radius 2 is 2.05 bits per heavy atom. The molecular weight excluding hydrogens is 324 g/mol. The Bertz CT molecular complexity index is 633. The molecule has 1 aliphatic heterocycles. The van der Waals surface area contributed by atoms with E-state index in [1.807, 2.05) is 6.92 Å². The molecule has 0 spiro atoms. The highest BCUT2D eigenvalue weighted by molar-refractivity contribution is 7.88. The minimum atomic E-state index is -3.48. The first-order valence-corrected chi connectivity index (χ1v) is 9.42. The van der Waals surface area contributed by atoms with Gasteiger partial charge in [-0.2, -0.15) is 0 Å². The van der Waals surface area contributed by atoms with Gasteiger partial charge in [-0.05, 0) is 31.4 Å². The SMILES string of the molecule is C[C@H](CNS(=O)(=O)Cc1ccccc1Cl)N1CCCCC1=O. The molecule has 0 unspecified atom stereocenters. The van der Waals surface area contributed by atoms with Gasteiger partial charge in [-0.25, -0.2) is 13.1 Å². The molecular formula is C15H21ClN2O3S. The highest BCUT2D eigenvalue weighted by Crippen LogP contribution is 2.17. The summed E-state index contributed by atoms with van der Waals surface area (Å²) in [6.07, 6.45) is 2.44. The fourth-order valence-corrected chi connectivity index (χ4v) is 4.06. The van der Waals surface area contributed by atoms with Crippen molar-refractivity contribution in [3.05, 3.63) is 34.9 Å². The van der Waals surface area contributed by atoms with Gasteiger partial charge in [0.2, 0.25) is 15.9 Å². The van der Waals surface area contributed by atoms with Crippen LogP contribution >= 0.6 is 11.6 Å². The number of carbonyl (C=O) groups is 1. The minimum Gasteiger partial charge on any atom is -0.339 e. The third-order valence-electron chi connectivity index (χ3n) is 3.79. The first kappa shape index (κ1) is 17.2. The number of likely N-dealkylation sites (tertiary alicyclic amines) is 1. The molecule has 1 aromatic carbocycles. The number of amides is 1. The summed E-state index contributed by atoms with van der Waals surface area (Å²) in [5.41, 5.74) is 0.568. The number of piperidine rings is 1. The summed E-state index contributed by atoms with van der Waals surface area (Å²) in [5, 5.41) is 0.437. The third-order valence-corrected chi connectivity index (χ3v) is 5.46. The van der Waals surface area contributed by atoms with Crippen LogP contribution in [-0.2, 0) is 20.6 Å². The maximum Gasteiger partial charge on any atom is 0.222 e. The second-order valence-electron chi connectivity index (χ2n) is 5.59. The summed E-state index contributed by atoms with van der Waals surface area (Å²) < 4.78 is 26.9. The number of hydrogen-bond donors (Lipinski definition) is 1. The molecule has 122 valence electrons. The van der Waals surface area contributed by atoms with Gasteiger partial charge in [-0.3, -0.25) is 4.79 Å². The molecule has 1 atom stereocenters. The standard InChI is InChI=1S/C15H21ClN2O3S/c1-12(18-9-5-4-8-15(18)19)10-17-22(20,21)11-13-6-2-3-7-14(13)16/h2-3,6-7,12,17H,4-5,8-11H2,1H3/t12-/m1/s1. The van der Waals surface area contributed by atoms with E-state index >= 15 is 0 Å². The number of halogens is 1. The van der Waals surface area contributed by atoms with Gasteiger partial charge in [0.05, 0.1) is 5.75 Å². The molecule has 1 N–H and O–H groups in total. The van der Waals surface area contributed by atoms with Crippen LogP contribution in [0.25, 0.3) is 0 Å². The first-order valence-electron chi connectivity index (χ1n) is 7.39. The Morgan fingerprint density at radius 3 is 2.73 bits per heavy atom. The summed E-state index contributed by atoms with van der Waals surface area (Å²) in [6.45, 7) is 2.78. The second kappa shape index (κ2) is 7.44. The van der Waals surface area contributed by atoms with Crippen molar-refractivity contribution >= 4 is 27.5 Å². The summed E-state index contributed by atoms with van der Waals surface area (Å²) >= 11 is 5.99. The Morgan fingerprint density at radius 1 is 1.32 bits per heavy atom. The zero-order valence-electron chi connectivity index (χ0n) is 12.6. The molecule has 1 heterocycles. The van der Waals surface area contributed by atoms with Gasteiger partial charge in [-0.15, -0.1) is 0 Å². The second-order valence-corrected chi connectivity index (χ2v) is 7.81. The maximum absolute atomic E-state index is 12.1. The average molecular weight is 345 g/mol. The van der Waals surface area contributed by atoms with Crippen LogP contribution < -0.4 is 4.72 Å². The Hall–Kier alpha value is -1.11. The van der Waals surface area contributed by atoms with Crippen LogP contribution in [0.15, 0.2) is 24.3 Å². The van der Waals surface area contributed by atoms with Gasteiger partial charge in [-0.1, -0.05) is 29.8 Å². The quantitative estimate of drug-likeness (QED) is 0.860. The molecule has 1 fully saturated rings. The lowest BCUT2D eigenvalue weighted by molar-refractivity contribution is -0.135. The molecule has 0 saturated carbocycles. The molecule has 0 aromatic heterocycles. The number of hydrogen-bond acceptors (Lipinski definition) is 3. The van der Waals surface area contributed by atoms with Crippen molar-refractivity contribution in [2.45, 2.75) is 38.0 Å². The lowest BCUT2D eigenvalue weighted by Crippen LogP contribution is -2.47. The van der Waals surface area contributed by atoms with E-state index < -0.39 is 10.0 Å². The number of nitrogens with zero attached hydrogens (tertiary/aromatic N) is 1. The summed E-state index contributed by atoms with van der Waals surface area (Å²) in [7, 11) is -3.48. The highest BCUT2D eigenvalue weighted by Gasteiger charge is 2.24. The van der Waals surface area contributed by atoms with E-state index in [1.165, 1.54) is 0 Å². The van der Waals surface area contributed by atoms with Gasteiger partial charge in [0.15, 0.2) is 0 Å². The van der Waals surface area contributed by atoms with E-state index in [4.69, 9.17) is 11.6 Å². The van der Waals surface area contributed by atoms with Crippen LogP contribution in [0.1, 0.15) is 31.7 Å². The van der Waals surface area contributed by atoms with E-state index in [0.29, 0.717) is 23.6 Å². The van der Waals surface area contributed by atoms with Crippen LogP contribution in [0.5, 0.6) is 0 Å². The average Bonchev–Trinajstić information content (AvgIpc) is 2.48. The Kier molecular flexibility index (Phi) is 5.83. The number of carbonyl (C=O) groups excluding carboxylic acids is 1. The fraction of sp³-hybridized carbons (Fsp3) is 0.533. The van der Waals surface area contributed by atoms with E-state index in [9.17, 15) is 13.2 Å². The predicted octanol–water partition coefficient (Wildman–Crippen LogP) is 2.16. The molecule has 5 nitrogen and oxygen atoms in total. The molecule has 7 heteroatoms. The van der Waals surface area contributed by atoms with Crippen molar-refractivity contribution in [2.75, 3.05) is 13.1 Å². The van der Waals surface area contributed by atoms with Crippen LogP contribution in [-0.4, -0.2) is 38.4 Å². The normalized spacial score (nSPS) is 17.5. The maximum atomic E-state index is 12.1. The lowest BCUT2D eigenvalue weighted by atomic mass is 10.1.